The summed E-state index contributed by atoms with van der Waals surface area (Å²) in [6, 6.07) is 17.4. The van der Waals surface area contributed by atoms with E-state index in [4.69, 9.17) is 9.47 Å². The molecular formula is C25H26N4O4S. The van der Waals surface area contributed by atoms with Crippen LogP contribution in [0.2, 0.25) is 0 Å². The van der Waals surface area contributed by atoms with Gasteiger partial charge < -0.3 is 23.8 Å². The van der Waals surface area contributed by atoms with Crippen LogP contribution in [0.15, 0.2) is 66.0 Å². The van der Waals surface area contributed by atoms with E-state index in [1.165, 1.54) is 11.8 Å². The fraction of sp³-hybridized carbons (Fsp3) is 0.320. The number of amides is 2. The Hall–Kier alpha value is -3.46. The Bertz CT molecular complexity index is 1170. The van der Waals surface area contributed by atoms with E-state index in [1.54, 1.807) is 11.0 Å². The van der Waals surface area contributed by atoms with E-state index in [-0.39, 0.29) is 18.4 Å². The number of rotatable bonds is 5. The summed E-state index contributed by atoms with van der Waals surface area (Å²) in [6.07, 6.45) is 1.18. The quantitative estimate of drug-likeness (QED) is 0.525. The van der Waals surface area contributed by atoms with E-state index < -0.39 is 6.10 Å². The molecule has 2 amide bonds. The number of piperazine rings is 1. The van der Waals surface area contributed by atoms with Crippen molar-refractivity contribution in [3.8, 4) is 22.8 Å². The number of carbonyl (C=O) groups is 2. The zero-order valence-corrected chi connectivity index (χ0v) is 19.7. The first-order valence-electron chi connectivity index (χ1n) is 11.2. The maximum absolute atomic E-state index is 12.9. The number of aromatic nitrogens is 2. The molecule has 1 unspecified atom stereocenters. The zero-order chi connectivity index (χ0) is 23.5. The van der Waals surface area contributed by atoms with Crippen LogP contribution in [0.3, 0.4) is 0 Å². The molecule has 0 radical (unpaired) electrons. The lowest BCUT2D eigenvalue weighted by Crippen LogP contribution is -2.55. The molecule has 0 N–H and O–H groups in total. The van der Waals surface area contributed by atoms with Crippen molar-refractivity contribution in [3.05, 3.63) is 60.8 Å². The molecule has 3 aromatic rings. The van der Waals surface area contributed by atoms with Crippen molar-refractivity contribution in [3.63, 3.8) is 0 Å². The number of para-hydroxylation sites is 2. The number of fused-ring (bicyclic) bond motifs is 1. The molecule has 176 valence electrons. The molecule has 5 rings (SSSR count). The van der Waals surface area contributed by atoms with Gasteiger partial charge in [-0.3, -0.25) is 9.59 Å². The molecule has 8 nitrogen and oxygen atoms in total. The first-order valence-corrected chi connectivity index (χ1v) is 12.2. The SMILES string of the molecule is Cn1c(-c2ccccc2)cnc1SCC(=O)N1CCN(C(=O)C2COc3ccccc3O2)CC1. The Morgan fingerprint density at radius 3 is 2.41 bits per heavy atom. The van der Waals surface area contributed by atoms with Gasteiger partial charge in [-0.05, 0) is 17.7 Å². The Morgan fingerprint density at radius 1 is 0.971 bits per heavy atom. The molecular weight excluding hydrogens is 452 g/mol. The number of hydrogen-bond acceptors (Lipinski definition) is 6. The maximum Gasteiger partial charge on any atom is 0.267 e. The Morgan fingerprint density at radius 2 is 1.65 bits per heavy atom. The molecule has 0 spiro atoms. The maximum atomic E-state index is 12.9. The Balaban J connectivity index is 1.11. The summed E-state index contributed by atoms with van der Waals surface area (Å²) in [5.74, 6) is 1.50. The zero-order valence-electron chi connectivity index (χ0n) is 18.9. The molecule has 1 fully saturated rings. The van der Waals surface area contributed by atoms with Gasteiger partial charge in [0, 0.05) is 33.2 Å². The molecule has 1 aromatic heterocycles. The molecule has 1 saturated heterocycles. The number of carbonyl (C=O) groups excluding carboxylic acids is 2. The van der Waals surface area contributed by atoms with Crippen molar-refractivity contribution in [2.45, 2.75) is 11.3 Å². The van der Waals surface area contributed by atoms with Gasteiger partial charge in [-0.25, -0.2) is 4.98 Å². The van der Waals surface area contributed by atoms with Crippen LogP contribution in [-0.4, -0.2) is 75.8 Å². The number of imidazole rings is 1. The highest BCUT2D eigenvalue weighted by Crippen LogP contribution is 2.31. The number of thioether (sulfide) groups is 1. The van der Waals surface area contributed by atoms with E-state index in [0.717, 1.165) is 16.4 Å². The summed E-state index contributed by atoms with van der Waals surface area (Å²) in [4.78, 5) is 33.8. The van der Waals surface area contributed by atoms with Gasteiger partial charge in [-0.2, -0.15) is 0 Å². The molecule has 0 saturated carbocycles. The average molecular weight is 479 g/mol. The summed E-state index contributed by atoms with van der Waals surface area (Å²) in [5, 5.41) is 0.802. The molecule has 2 aliphatic rings. The van der Waals surface area contributed by atoms with E-state index in [1.807, 2.05) is 71.2 Å². The van der Waals surface area contributed by atoms with E-state index in [0.29, 0.717) is 43.4 Å². The summed E-state index contributed by atoms with van der Waals surface area (Å²) in [6.45, 7) is 2.17. The number of hydrogen-bond donors (Lipinski definition) is 0. The van der Waals surface area contributed by atoms with Crippen LogP contribution in [0.5, 0.6) is 11.5 Å². The highest BCUT2D eigenvalue weighted by Gasteiger charge is 2.33. The van der Waals surface area contributed by atoms with Crippen molar-refractivity contribution < 1.29 is 19.1 Å². The third-order valence-corrected chi connectivity index (χ3v) is 7.10. The van der Waals surface area contributed by atoms with Crippen molar-refractivity contribution in [2.24, 2.45) is 7.05 Å². The van der Waals surface area contributed by atoms with Crippen LogP contribution in [0, 0.1) is 0 Å². The van der Waals surface area contributed by atoms with E-state index in [9.17, 15) is 9.59 Å². The molecule has 9 heteroatoms. The van der Waals surface area contributed by atoms with Crippen LogP contribution in [-0.2, 0) is 16.6 Å². The first kappa shape index (κ1) is 22.3. The van der Waals surface area contributed by atoms with Crippen molar-refractivity contribution in [2.75, 3.05) is 38.5 Å². The van der Waals surface area contributed by atoms with Gasteiger partial charge in [0.1, 0.15) is 6.61 Å². The fourth-order valence-electron chi connectivity index (χ4n) is 4.14. The number of nitrogens with zero attached hydrogens (tertiary/aromatic N) is 4. The van der Waals surface area contributed by atoms with Crippen LogP contribution >= 0.6 is 11.8 Å². The van der Waals surface area contributed by atoms with Gasteiger partial charge in [0.25, 0.3) is 5.91 Å². The molecule has 2 aliphatic heterocycles. The monoisotopic (exact) mass is 478 g/mol. The van der Waals surface area contributed by atoms with Gasteiger partial charge in [-0.15, -0.1) is 0 Å². The van der Waals surface area contributed by atoms with Gasteiger partial charge in [0.15, 0.2) is 16.7 Å². The Labute approximate surface area is 202 Å². The highest BCUT2D eigenvalue weighted by atomic mass is 32.2. The normalized spacial score (nSPS) is 17.5. The minimum atomic E-state index is -0.657. The predicted molar refractivity (Wildman–Crippen MR) is 129 cm³/mol. The molecule has 1 atom stereocenters. The Kier molecular flexibility index (Phi) is 6.44. The predicted octanol–water partition coefficient (Wildman–Crippen LogP) is 2.69. The van der Waals surface area contributed by atoms with Crippen LogP contribution in [0.1, 0.15) is 0 Å². The van der Waals surface area contributed by atoms with Gasteiger partial charge in [-0.1, -0.05) is 54.2 Å². The lowest BCUT2D eigenvalue weighted by Gasteiger charge is -2.37. The van der Waals surface area contributed by atoms with Crippen molar-refractivity contribution in [1.29, 1.82) is 0 Å². The smallest absolute Gasteiger partial charge is 0.267 e. The molecule has 2 aromatic carbocycles. The average Bonchev–Trinajstić information content (AvgIpc) is 3.27. The standard InChI is InChI=1S/C25H26N4O4S/c1-27-19(18-7-3-2-4-8-18)15-26-25(27)34-17-23(30)28-11-13-29(14-12-28)24(31)22-16-32-20-9-5-6-10-21(20)33-22/h2-10,15,22H,11-14,16-17H2,1H3. The first-order chi connectivity index (χ1) is 16.6. The van der Waals surface area contributed by atoms with Crippen LogP contribution in [0.4, 0.5) is 0 Å². The lowest BCUT2D eigenvalue weighted by atomic mass is 10.2. The second-order valence-corrected chi connectivity index (χ2v) is 9.15. The molecule has 0 aliphatic carbocycles. The van der Waals surface area contributed by atoms with Gasteiger partial charge in [0.05, 0.1) is 17.6 Å². The largest absolute Gasteiger partial charge is 0.485 e. The molecule has 3 heterocycles. The second-order valence-electron chi connectivity index (χ2n) is 8.21. The number of ether oxygens (including phenoxy) is 2. The summed E-state index contributed by atoms with van der Waals surface area (Å²) in [7, 11) is 1.96. The third-order valence-electron chi connectivity index (χ3n) is 6.07. The molecule has 34 heavy (non-hydrogen) atoms. The molecule has 0 bridgehead atoms. The van der Waals surface area contributed by atoms with Gasteiger partial charge in [0.2, 0.25) is 12.0 Å². The summed E-state index contributed by atoms with van der Waals surface area (Å²) in [5.41, 5.74) is 2.10. The van der Waals surface area contributed by atoms with Crippen molar-refractivity contribution >= 4 is 23.6 Å². The van der Waals surface area contributed by atoms with Gasteiger partial charge >= 0.3 is 0 Å². The highest BCUT2D eigenvalue weighted by molar-refractivity contribution is 7.99. The van der Waals surface area contributed by atoms with Crippen LogP contribution < -0.4 is 9.47 Å². The fourth-order valence-corrected chi connectivity index (χ4v) is 5.00. The number of benzene rings is 2. The van der Waals surface area contributed by atoms with E-state index in [2.05, 4.69) is 4.98 Å². The lowest BCUT2D eigenvalue weighted by molar-refractivity contribution is -0.145. The van der Waals surface area contributed by atoms with Crippen LogP contribution in [0.25, 0.3) is 11.3 Å². The van der Waals surface area contributed by atoms with Crippen molar-refractivity contribution in [1.82, 2.24) is 19.4 Å². The topological polar surface area (TPSA) is 76.9 Å². The summed E-state index contributed by atoms with van der Waals surface area (Å²) < 4.78 is 13.5. The minimum absolute atomic E-state index is 0.0486. The van der Waals surface area contributed by atoms with E-state index >= 15 is 0 Å². The second kappa shape index (κ2) is 9.80. The third kappa shape index (κ3) is 4.61. The summed E-state index contributed by atoms with van der Waals surface area (Å²) >= 11 is 1.43. The minimum Gasteiger partial charge on any atom is -0.485 e.